The average molecular weight is 448 g/mol. The van der Waals surface area contributed by atoms with Crippen molar-refractivity contribution in [3.63, 3.8) is 0 Å². The van der Waals surface area contributed by atoms with E-state index in [0.717, 1.165) is 27.7 Å². The highest BCUT2D eigenvalue weighted by molar-refractivity contribution is 8.01. The summed E-state index contributed by atoms with van der Waals surface area (Å²) in [5, 5.41) is 14.1. The Bertz CT molecular complexity index is 1420. The molecule has 1 heterocycles. The number of phenolic OH excluding ortho intramolecular Hbond substituents is 1. The van der Waals surface area contributed by atoms with Crippen LogP contribution in [0.4, 0.5) is 17.1 Å². The molecule has 0 bridgehead atoms. The second-order valence-corrected chi connectivity index (χ2v) is 9.68. The summed E-state index contributed by atoms with van der Waals surface area (Å²) < 4.78 is 21.8. The van der Waals surface area contributed by atoms with E-state index in [2.05, 4.69) is 20.9 Å². The fourth-order valence-electron chi connectivity index (χ4n) is 3.66. The summed E-state index contributed by atoms with van der Waals surface area (Å²) in [6.07, 6.45) is 1.71. The molecule has 6 nitrogen and oxygen atoms in total. The van der Waals surface area contributed by atoms with Gasteiger partial charge in [0.05, 0.1) is 27.2 Å². The molecule has 0 aliphatic carbocycles. The number of phenols is 1. The molecule has 164 valence electrons. The third-order valence-electron chi connectivity index (χ3n) is 5.12. The Kier molecular flexibility index (Phi) is 5.67. The standard InChI is InChI=1S/C25H25N3O3S/c1-16-5-8-25(17(2)11-16)32(4,30)28-18-6-7-23-22(14-18)24(9-10-26-23)27-19-12-20(29)15-21(13-19)31-3/h5-15,29H,4H2,1-3H3,(H,26,27)(H,28,30). The van der Waals surface area contributed by atoms with Crippen LogP contribution in [0.2, 0.25) is 0 Å². The van der Waals surface area contributed by atoms with Gasteiger partial charge in [-0.1, -0.05) is 17.7 Å². The predicted molar refractivity (Wildman–Crippen MR) is 133 cm³/mol. The molecule has 0 aliphatic rings. The lowest BCUT2D eigenvalue weighted by Crippen LogP contribution is -2.14. The van der Waals surface area contributed by atoms with E-state index in [4.69, 9.17) is 4.74 Å². The minimum absolute atomic E-state index is 0.0952. The van der Waals surface area contributed by atoms with Gasteiger partial charge in [0.25, 0.3) is 0 Å². The van der Waals surface area contributed by atoms with Crippen LogP contribution in [0.15, 0.2) is 71.8 Å². The molecule has 0 saturated heterocycles. The van der Waals surface area contributed by atoms with E-state index >= 15 is 0 Å². The zero-order chi connectivity index (χ0) is 22.9. The number of pyridine rings is 1. The fourth-order valence-corrected chi connectivity index (χ4v) is 5.15. The van der Waals surface area contributed by atoms with Crippen molar-refractivity contribution in [2.45, 2.75) is 18.7 Å². The van der Waals surface area contributed by atoms with Crippen LogP contribution in [-0.4, -0.2) is 27.3 Å². The normalized spacial score (nSPS) is 12.8. The molecule has 0 amide bonds. The molecule has 3 aromatic carbocycles. The number of benzene rings is 3. The maximum atomic E-state index is 13.4. The van der Waals surface area contributed by atoms with Crippen molar-refractivity contribution < 1.29 is 14.1 Å². The summed E-state index contributed by atoms with van der Waals surface area (Å²) in [5.74, 6) is 4.60. The largest absolute Gasteiger partial charge is 0.508 e. The summed E-state index contributed by atoms with van der Waals surface area (Å²) in [6.45, 7) is 3.94. The van der Waals surface area contributed by atoms with Gasteiger partial charge < -0.3 is 19.9 Å². The van der Waals surface area contributed by atoms with E-state index in [1.807, 2.05) is 56.3 Å². The van der Waals surface area contributed by atoms with E-state index in [9.17, 15) is 9.32 Å². The Hall–Kier alpha value is -3.71. The Morgan fingerprint density at radius 1 is 1.00 bits per heavy atom. The molecule has 0 aliphatic heterocycles. The topological polar surface area (TPSA) is 83.5 Å². The van der Waals surface area contributed by atoms with Crippen molar-refractivity contribution in [1.82, 2.24) is 4.98 Å². The molecule has 32 heavy (non-hydrogen) atoms. The van der Waals surface area contributed by atoms with Crippen LogP contribution in [0.5, 0.6) is 11.5 Å². The first-order valence-corrected chi connectivity index (χ1v) is 11.7. The van der Waals surface area contributed by atoms with Gasteiger partial charge in [0.2, 0.25) is 0 Å². The number of nitrogens with zero attached hydrogens (tertiary/aromatic N) is 1. The molecule has 0 fully saturated rings. The van der Waals surface area contributed by atoms with Gasteiger partial charge in [-0.05, 0) is 55.6 Å². The summed E-state index contributed by atoms with van der Waals surface area (Å²) in [6, 6.07) is 18.2. The number of aromatic hydroxyl groups is 1. The number of ether oxygens (including phenoxy) is 1. The molecule has 0 radical (unpaired) electrons. The number of hydrogen-bond donors (Lipinski definition) is 3. The number of anilines is 3. The smallest absolute Gasteiger partial charge is 0.124 e. The number of hydrogen-bond acceptors (Lipinski definition) is 5. The Balaban J connectivity index is 1.70. The van der Waals surface area contributed by atoms with Gasteiger partial charge in [-0.2, -0.15) is 0 Å². The molecule has 1 atom stereocenters. The molecular weight excluding hydrogens is 422 g/mol. The molecule has 7 heteroatoms. The van der Waals surface area contributed by atoms with E-state index in [0.29, 0.717) is 22.0 Å². The molecule has 3 N–H and O–H groups in total. The molecule has 4 aromatic rings. The highest BCUT2D eigenvalue weighted by atomic mass is 32.2. The van der Waals surface area contributed by atoms with E-state index in [-0.39, 0.29) is 5.75 Å². The van der Waals surface area contributed by atoms with Crippen LogP contribution in [0.1, 0.15) is 11.1 Å². The first-order chi connectivity index (χ1) is 15.2. The number of nitrogens with one attached hydrogen (secondary N) is 2. The monoisotopic (exact) mass is 447 g/mol. The third-order valence-corrected chi connectivity index (χ3v) is 6.85. The highest BCUT2D eigenvalue weighted by Gasteiger charge is 2.13. The van der Waals surface area contributed by atoms with Gasteiger partial charge in [-0.3, -0.25) is 4.98 Å². The van der Waals surface area contributed by atoms with E-state index in [1.165, 1.54) is 6.07 Å². The Morgan fingerprint density at radius 3 is 2.56 bits per heavy atom. The lowest BCUT2D eigenvalue weighted by atomic mass is 10.1. The van der Waals surface area contributed by atoms with Gasteiger partial charge in [0.15, 0.2) is 0 Å². The Morgan fingerprint density at radius 2 is 1.81 bits per heavy atom. The fraction of sp³-hybridized carbons (Fsp3) is 0.120. The first-order valence-electron chi connectivity index (χ1n) is 10.0. The van der Waals surface area contributed by atoms with Gasteiger partial charge in [-0.15, -0.1) is 0 Å². The molecule has 4 rings (SSSR count). The van der Waals surface area contributed by atoms with Crippen molar-refractivity contribution >= 4 is 43.5 Å². The van der Waals surface area contributed by atoms with Gasteiger partial charge in [0.1, 0.15) is 11.5 Å². The van der Waals surface area contributed by atoms with Crippen LogP contribution in [0.25, 0.3) is 10.9 Å². The number of methoxy groups -OCH3 is 1. The quantitative estimate of drug-likeness (QED) is 0.344. The minimum atomic E-state index is -2.76. The lowest BCUT2D eigenvalue weighted by Gasteiger charge is -2.17. The summed E-state index contributed by atoms with van der Waals surface area (Å²) in [5.41, 5.74) is 4.94. The average Bonchev–Trinajstić information content (AvgIpc) is 2.73. The number of fused-ring (bicyclic) bond motifs is 1. The van der Waals surface area contributed by atoms with Gasteiger partial charge in [0, 0.05) is 46.8 Å². The van der Waals surface area contributed by atoms with E-state index < -0.39 is 9.71 Å². The zero-order valence-corrected chi connectivity index (χ0v) is 19.0. The second kappa shape index (κ2) is 8.43. The molecule has 1 unspecified atom stereocenters. The molecule has 1 aromatic heterocycles. The van der Waals surface area contributed by atoms with Gasteiger partial charge >= 0.3 is 0 Å². The molecular formula is C25H25N3O3S. The minimum Gasteiger partial charge on any atom is -0.508 e. The van der Waals surface area contributed by atoms with Crippen molar-refractivity contribution in [1.29, 1.82) is 0 Å². The number of aryl methyl sites for hydroxylation is 2. The van der Waals surface area contributed by atoms with Crippen molar-refractivity contribution in [3.05, 3.63) is 78.0 Å². The maximum Gasteiger partial charge on any atom is 0.124 e. The number of rotatable bonds is 6. The van der Waals surface area contributed by atoms with Crippen LogP contribution in [0.3, 0.4) is 0 Å². The summed E-state index contributed by atoms with van der Waals surface area (Å²) in [7, 11) is -1.21. The van der Waals surface area contributed by atoms with Crippen molar-refractivity contribution in [2.75, 3.05) is 17.1 Å². The zero-order valence-electron chi connectivity index (χ0n) is 18.2. The maximum absolute atomic E-state index is 13.4. The third kappa shape index (κ3) is 4.48. The summed E-state index contributed by atoms with van der Waals surface area (Å²) >= 11 is 0. The second-order valence-electron chi connectivity index (χ2n) is 7.68. The summed E-state index contributed by atoms with van der Waals surface area (Å²) in [4.78, 5) is 5.11. The molecule has 0 saturated carbocycles. The predicted octanol–water partition coefficient (Wildman–Crippen LogP) is 5.41. The van der Waals surface area contributed by atoms with Crippen LogP contribution in [0, 0.1) is 13.8 Å². The van der Waals surface area contributed by atoms with Crippen molar-refractivity contribution in [2.24, 2.45) is 0 Å². The van der Waals surface area contributed by atoms with Gasteiger partial charge in [-0.25, -0.2) is 4.21 Å². The van der Waals surface area contributed by atoms with E-state index in [1.54, 1.807) is 25.4 Å². The molecule has 0 spiro atoms. The number of aromatic nitrogens is 1. The lowest BCUT2D eigenvalue weighted by molar-refractivity contribution is 0.408. The Labute approximate surface area is 188 Å². The first kappa shape index (κ1) is 21.5. The van der Waals surface area contributed by atoms with Crippen LogP contribution in [-0.2, 0) is 9.71 Å². The van der Waals surface area contributed by atoms with Crippen LogP contribution < -0.4 is 14.8 Å². The van der Waals surface area contributed by atoms with Crippen LogP contribution >= 0.6 is 0 Å². The SMILES string of the molecule is C=S(=O)(Nc1ccc2nccc(Nc3cc(O)cc(OC)c3)c2c1)c1ccc(C)cc1C. The highest BCUT2D eigenvalue weighted by Crippen LogP contribution is 2.32. The van der Waals surface area contributed by atoms with Crippen molar-refractivity contribution in [3.8, 4) is 11.5 Å².